The second-order valence-electron chi connectivity index (χ2n) is 9.25. The average molecular weight is 490 g/mol. The van der Waals surface area contributed by atoms with Gasteiger partial charge in [-0.1, -0.05) is 86.3 Å². The second kappa shape index (κ2) is 11.7. The summed E-state index contributed by atoms with van der Waals surface area (Å²) in [4.78, 5) is 7.39. The van der Waals surface area contributed by atoms with E-state index in [0.717, 1.165) is 62.0 Å². The fourth-order valence-electron chi connectivity index (χ4n) is 5.60. The summed E-state index contributed by atoms with van der Waals surface area (Å²) in [7, 11) is -2.92. The van der Waals surface area contributed by atoms with Crippen molar-refractivity contribution in [2.75, 3.05) is 0 Å². The van der Waals surface area contributed by atoms with E-state index >= 15 is 0 Å². The van der Waals surface area contributed by atoms with Crippen molar-refractivity contribution in [3.8, 4) is 12.1 Å². The van der Waals surface area contributed by atoms with Crippen LogP contribution in [-0.4, -0.2) is 6.04 Å². The number of allylic oxidation sites excluding steroid dienone is 4. The van der Waals surface area contributed by atoms with Crippen LogP contribution in [-0.2, 0) is 0 Å². The van der Waals surface area contributed by atoms with Crippen molar-refractivity contribution in [2.45, 2.75) is 57.4 Å². The van der Waals surface area contributed by atoms with E-state index in [0.29, 0.717) is 10.9 Å². The van der Waals surface area contributed by atoms with Gasteiger partial charge in [0.25, 0.3) is 11.4 Å². The highest BCUT2D eigenvalue weighted by Gasteiger charge is 2.39. The summed E-state index contributed by atoms with van der Waals surface area (Å²) in [6, 6.07) is 24.3. The van der Waals surface area contributed by atoms with Crippen LogP contribution < -0.4 is 10.6 Å². The average Bonchev–Trinajstić information content (AvgIpc) is 3.65. The van der Waals surface area contributed by atoms with Gasteiger partial charge >= 0.3 is 0 Å². The van der Waals surface area contributed by atoms with Crippen molar-refractivity contribution >= 4 is 17.7 Å². The lowest BCUT2D eigenvalue weighted by Crippen LogP contribution is -2.23. The molecule has 0 heterocycles. The van der Waals surface area contributed by atoms with Gasteiger partial charge in [0.15, 0.2) is 0 Å². The maximum Gasteiger partial charge on any atom is 0.270 e. The molecule has 6 heteroatoms. The van der Waals surface area contributed by atoms with E-state index < -0.39 is 7.05 Å². The number of benzene rings is 2. The monoisotopic (exact) mass is 489 g/mol. The zero-order valence-corrected chi connectivity index (χ0v) is 21.2. The Hall–Kier alpha value is -3.89. The Kier molecular flexibility index (Phi) is 8.19. The van der Waals surface area contributed by atoms with E-state index in [2.05, 4.69) is 21.8 Å². The van der Waals surface area contributed by atoms with E-state index in [1.165, 1.54) is 0 Å². The van der Waals surface area contributed by atoms with E-state index in [9.17, 15) is 10.5 Å². The predicted octanol–water partition coefficient (Wildman–Crippen LogP) is 7.32. The van der Waals surface area contributed by atoms with Gasteiger partial charge in [-0.05, 0) is 47.8 Å². The summed E-state index contributed by atoms with van der Waals surface area (Å²) in [6.07, 6.45) is 7.80. The largest absolute Gasteiger partial charge is 0.288 e. The summed E-state index contributed by atoms with van der Waals surface area (Å²) >= 11 is 0. The van der Waals surface area contributed by atoms with Crippen molar-refractivity contribution in [1.29, 1.82) is 10.5 Å². The smallest absolute Gasteiger partial charge is 0.270 e. The summed E-state index contributed by atoms with van der Waals surface area (Å²) in [5, 5.41) is 22.8. The Balaban J connectivity index is 2.25. The minimum atomic E-state index is -2.92. The Morgan fingerprint density at radius 3 is 1.67 bits per heavy atom. The molecular weight excluding hydrogens is 461 g/mol. The van der Waals surface area contributed by atoms with Crippen LogP contribution in [0.4, 0.5) is 0 Å². The van der Waals surface area contributed by atoms with Crippen LogP contribution in [0.1, 0.15) is 51.4 Å². The van der Waals surface area contributed by atoms with Crippen LogP contribution in [0.25, 0.3) is 9.69 Å². The molecule has 5 nitrogen and oxygen atoms in total. The molecule has 2 fully saturated rings. The zero-order chi connectivity index (χ0) is 25.4. The lowest BCUT2D eigenvalue weighted by Gasteiger charge is -2.34. The van der Waals surface area contributed by atoms with Gasteiger partial charge in [-0.3, -0.25) is 4.74 Å². The van der Waals surface area contributed by atoms with E-state index in [4.69, 9.17) is 17.9 Å². The molecule has 0 aromatic heterocycles. The molecule has 2 aromatic rings. The Morgan fingerprint density at radius 2 is 1.22 bits per heavy atom. The van der Waals surface area contributed by atoms with Gasteiger partial charge < -0.3 is 0 Å². The number of nitrogens with zero attached hydrogens (tertiary/aromatic N) is 5. The maximum absolute atomic E-state index is 10.3. The topological polar surface area (TPSA) is 68.7 Å². The van der Waals surface area contributed by atoms with Gasteiger partial charge in [0.2, 0.25) is 0 Å². The number of nitriles is 2. The van der Waals surface area contributed by atoms with Crippen LogP contribution in [0.3, 0.4) is 0 Å². The maximum atomic E-state index is 10.3. The van der Waals surface area contributed by atoms with E-state index in [1.807, 2.05) is 60.7 Å². The first-order valence-corrected chi connectivity index (χ1v) is 14.2. The fraction of sp³-hybridized carbons (Fsp3) is 0.333. The van der Waals surface area contributed by atoms with Crippen molar-refractivity contribution < 1.29 is 0 Å². The summed E-state index contributed by atoms with van der Waals surface area (Å²) in [5.41, 5.74) is 0.530. The summed E-state index contributed by atoms with van der Waals surface area (Å²) < 4.78 is 5.62. The first kappa shape index (κ1) is 25.2. The molecule has 2 aromatic carbocycles. The minimum Gasteiger partial charge on any atom is -0.288 e. The molecule has 0 bridgehead atoms. The molecule has 0 aliphatic heterocycles. The van der Waals surface area contributed by atoms with Crippen molar-refractivity contribution in [1.82, 2.24) is 0 Å². The Morgan fingerprint density at radius 1 is 0.750 bits per heavy atom. The highest BCUT2D eigenvalue weighted by molar-refractivity contribution is 7.84. The van der Waals surface area contributed by atoms with Crippen molar-refractivity contribution in [3.05, 3.63) is 106 Å². The highest BCUT2D eigenvalue weighted by atomic mass is 31.2. The molecule has 0 saturated heterocycles. The van der Waals surface area contributed by atoms with Gasteiger partial charge in [-0.25, -0.2) is 20.2 Å². The van der Waals surface area contributed by atoms with Crippen molar-refractivity contribution in [3.63, 3.8) is 0 Å². The van der Waals surface area contributed by atoms with E-state index in [1.54, 1.807) is 0 Å². The molecule has 36 heavy (non-hydrogen) atoms. The minimum absolute atomic E-state index is 0.00819. The molecule has 0 radical (unpaired) electrons. The lowest BCUT2D eigenvalue weighted by molar-refractivity contribution is 0.651. The van der Waals surface area contributed by atoms with Gasteiger partial charge in [-0.15, -0.1) is 0 Å². The van der Waals surface area contributed by atoms with Gasteiger partial charge in [-0.2, -0.15) is 0 Å². The Bertz CT molecular complexity index is 1300. The third kappa shape index (κ3) is 4.77. The standard InChI is InChI=1S/C30H28N5P/c1-33-27(21-31)29(23-13-9-10-14-23)30(28(22-32)34-2)36(25-17-5-3-6-18-25,26-19-7-4-8-20-26)35-24-15-11-12-16-24/h3-8,17-20,23-24H,9-16H2/b29-27+,30-28+. The van der Waals surface area contributed by atoms with Crippen LogP contribution in [0.2, 0.25) is 0 Å². The fourth-order valence-corrected chi connectivity index (χ4v) is 9.76. The van der Waals surface area contributed by atoms with Crippen LogP contribution in [0.5, 0.6) is 0 Å². The molecule has 4 rings (SSSR count). The Labute approximate surface area is 214 Å². The molecule has 0 amide bonds. The van der Waals surface area contributed by atoms with Crippen molar-refractivity contribution in [2.24, 2.45) is 10.7 Å². The van der Waals surface area contributed by atoms with E-state index in [-0.39, 0.29) is 23.4 Å². The molecule has 2 saturated carbocycles. The normalized spacial score (nSPS) is 17.7. The third-order valence-corrected chi connectivity index (χ3v) is 11.0. The summed E-state index contributed by atoms with van der Waals surface area (Å²) in [6.45, 7) is 15.9. The molecule has 0 spiro atoms. The SMILES string of the molecule is [C-]#[N+]/C(C#N)=C(/C(=C(/C#N)[N+]#[C-])P(=NC1CCCC1)(c1ccccc1)c1ccccc1)C1CCCC1. The number of hydrogen-bond acceptors (Lipinski definition) is 3. The molecule has 2 aliphatic carbocycles. The summed E-state index contributed by atoms with van der Waals surface area (Å²) in [5.74, 6) is -0.0422. The van der Waals surface area contributed by atoms with Crippen LogP contribution in [0, 0.1) is 41.7 Å². The first-order chi connectivity index (χ1) is 17.7. The first-order valence-electron chi connectivity index (χ1n) is 12.5. The molecule has 0 atom stereocenters. The highest BCUT2D eigenvalue weighted by Crippen LogP contribution is 2.62. The third-order valence-electron chi connectivity index (χ3n) is 7.18. The number of rotatable bonds is 6. The quantitative estimate of drug-likeness (QED) is 0.185. The molecular formula is C30H28N5P. The molecule has 0 N–H and O–H groups in total. The van der Waals surface area contributed by atoms with Gasteiger partial charge in [0, 0.05) is 18.4 Å². The number of hydrogen-bond donors (Lipinski definition) is 0. The molecule has 178 valence electrons. The zero-order valence-electron chi connectivity index (χ0n) is 20.3. The van der Waals surface area contributed by atoms with Crippen LogP contribution >= 0.6 is 7.05 Å². The lowest BCUT2D eigenvalue weighted by atomic mass is 9.94. The molecule has 2 aliphatic rings. The predicted molar refractivity (Wildman–Crippen MR) is 144 cm³/mol. The van der Waals surface area contributed by atoms with Gasteiger partial charge in [0.05, 0.1) is 25.3 Å². The van der Waals surface area contributed by atoms with Crippen LogP contribution in [0.15, 0.2) is 87.7 Å². The second-order valence-corrected chi connectivity index (χ2v) is 12.2. The molecule has 0 unspecified atom stereocenters. The van der Waals surface area contributed by atoms with Gasteiger partial charge in [0.1, 0.15) is 0 Å².